The zero-order valence-corrected chi connectivity index (χ0v) is 16.5. The fraction of sp³-hybridized carbons (Fsp3) is 0.400. The molecule has 4 heterocycles. The molecule has 0 saturated carbocycles. The number of carbonyl (C=O) groups is 1. The molecule has 3 aromatic rings. The van der Waals surface area contributed by atoms with Gasteiger partial charge in [-0.25, -0.2) is 0 Å². The molecule has 1 aliphatic heterocycles. The second-order valence-corrected chi connectivity index (χ2v) is 8.11. The Morgan fingerprint density at radius 3 is 2.59 bits per heavy atom. The van der Waals surface area contributed by atoms with Crippen molar-refractivity contribution < 1.29 is 9.21 Å². The van der Waals surface area contributed by atoms with Crippen LogP contribution in [0.2, 0.25) is 0 Å². The fourth-order valence-electron chi connectivity index (χ4n) is 3.33. The van der Waals surface area contributed by atoms with E-state index in [4.69, 9.17) is 4.42 Å². The molecule has 0 aliphatic carbocycles. The minimum Gasteiger partial charge on any atom is -0.420 e. The third-order valence-electron chi connectivity index (χ3n) is 5.25. The number of hydrogen-bond donors (Lipinski definition) is 0. The van der Waals surface area contributed by atoms with Gasteiger partial charge in [0.05, 0.1) is 11.1 Å². The molecule has 3 aromatic heterocycles. The number of carbonyl (C=O) groups excluding carboxylic acids is 1. The van der Waals surface area contributed by atoms with Crippen molar-refractivity contribution in [1.29, 1.82) is 0 Å². The average Bonchev–Trinajstić information content (AvgIpc) is 3.30. The summed E-state index contributed by atoms with van der Waals surface area (Å²) < 4.78 is 5.89. The third-order valence-corrected chi connectivity index (χ3v) is 6.26. The molecule has 1 aliphatic rings. The molecule has 0 unspecified atom stereocenters. The van der Waals surface area contributed by atoms with Crippen LogP contribution in [-0.4, -0.2) is 39.1 Å². The number of thiophene rings is 1. The molecule has 0 bridgehead atoms. The van der Waals surface area contributed by atoms with E-state index in [0.29, 0.717) is 24.9 Å². The number of hydrogen-bond acceptors (Lipinski definition) is 6. The first-order chi connectivity index (χ1) is 13.0. The van der Waals surface area contributed by atoms with Crippen LogP contribution in [0.1, 0.15) is 51.1 Å². The van der Waals surface area contributed by atoms with Crippen LogP contribution < -0.4 is 0 Å². The number of pyridine rings is 1. The van der Waals surface area contributed by atoms with E-state index in [1.165, 1.54) is 4.88 Å². The Morgan fingerprint density at radius 2 is 1.96 bits per heavy atom. The van der Waals surface area contributed by atoms with Crippen LogP contribution in [0.4, 0.5) is 0 Å². The topological polar surface area (TPSA) is 72.1 Å². The van der Waals surface area contributed by atoms with Gasteiger partial charge < -0.3 is 9.32 Å². The van der Waals surface area contributed by atoms with Crippen molar-refractivity contribution >= 4 is 17.2 Å². The molecule has 4 rings (SSSR count). The normalized spacial score (nSPS) is 15.3. The maximum atomic E-state index is 12.8. The van der Waals surface area contributed by atoms with E-state index in [9.17, 15) is 4.79 Å². The first-order valence-corrected chi connectivity index (χ1v) is 10.0. The van der Waals surface area contributed by atoms with Gasteiger partial charge in [0.25, 0.3) is 5.91 Å². The maximum Gasteiger partial charge on any atom is 0.254 e. The zero-order chi connectivity index (χ0) is 19.0. The van der Waals surface area contributed by atoms with E-state index in [1.807, 2.05) is 36.3 Å². The molecule has 7 heteroatoms. The van der Waals surface area contributed by atoms with Crippen molar-refractivity contribution in [3.8, 4) is 11.5 Å². The predicted molar refractivity (Wildman–Crippen MR) is 104 cm³/mol. The summed E-state index contributed by atoms with van der Waals surface area (Å²) in [5.41, 5.74) is 3.71. The first-order valence-electron chi connectivity index (χ1n) is 9.13. The molecule has 0 atom stereocenters. The summed E-state index contributed by atoms with van der Waals surface area (Å²) in [6.07, 6.45) is 3.42. The van der Waals surface area contributed by atoms with Crippen LogP contribution in [0.15, 0.2) is 28.1 Å². The van der Waals surface area contributed by atoms with E-state index in [0.717, 1.165) is 35.2 Å². The fourth-order valence-corrected chi connectivity index (χ4v) is 4.19. The lowest BCUT2D eigenvalue weighted by molar-refractivity contribution is 0.0706. The summed E-state index contributed by atoms with van der Waals surface area (Å²) in [6, 6.07) is 3.86. The molecular formula is C20H22N4O2S. The molecule has 140 valence electrons. The van der Waals surface area contributed by atoms with Crippen molar-refractivity contribution in [2.24, 2.45) is 0 Å². The van der Waals surface area contributed by atoms with Crippen LogP contribution >= 0.6 is 11.3 Å². The lowest BCUT2D eigenvalue weighted by atomic mass is 9.96. The summed E-state index contributed by atoms with van der Waals surface area (Å²) in [7, 11) is 0. The molecule has 0 radical (unpaired) electrons. The lowest BCUT2D eigenvalue weighted by Gasteiger charge is -2.30. The van der Waals surface area contributed by atoms with Crippen LogP contribution in [0.5, 0.6) is 0 Å². The highest BCUT2D eigenvalue weighted by molar-refractivity contribution is 7.10. The van der Waals surface area contributed by atoms with E-state index < -0.39 is 0 Å². The first kappa shape index (κ1) is 17.9. The van der Waals surface area contributed by atoms with Gasteiger partial charge in [0, 0.05) is 41.2 Å². The zero-order valence-electron chi connectivity index (χ0n) is 15.7. The highest BCUT2D eigenvalue weighted by Crippen LogP contribution is 2.31. The van der Waals surface area contributed by atoms with Crippen molar-refractivity contribution in [3.63, 3.8) is 0 Å². The van der Waals surface area contributed by atoms with Crippen molar-refractivity contribution in [1.82, 2.24) is 20.1 Å². The second kappa shape index (κ2) is 7.23. The summed E-state index contributed by atoms with van der Waals surface area (Å²) in [4.78, 5) is 20.2. The smallest absolute Gasteiger partial charge is 0.254 e. The van der Waals surface area contributed by atoms with Crippen LogP contribution in [-0.2, 0) is 0 Å². The number of amides is 1. The molecular weight excluding hydrogens is 360 g/mol. The van der Waals surface area contributed by atoms with Gasteiger partial charge in [-0.15, -0.1) is 21.5 Å². The molecule has 0 spiro atoms. The number of rotatable bonds is 3. The van der Waals surface area contributed by atoms with Gasteiger partial charge in [-0.3, -0.25) is 9.78 Å². The summed E-state index contributed by atoms with van der Waals surface area (Å²) in [6.45, 7) is 7.44. The third kappa shape index (κ3) is 3.51. The SMILES string of the molecule is Cc1ccc(-c2nnc(C3CCN(C(=O)c4csc(C)c4C)CC3)o2)cn1. The molecule has 1 saturated heterocycles. The summed E-state index contributed by atoms with van der Waals surface area (Å²) in [5, 5.41) is 10.4. The van der Waals surface area contributed by atoms with E-state index >= 15 is 0 Å². The molecule has 1 fully saturated rings. The minimum atomic E-state index is 0.132. The van der Waals surface area contributed by atoms with Crippen LogP contribution in [0.25, 0.3) is 11.5 Å². The van der Waals surface area contributed by atoms with Gasteiger partial charge in [-0.1, -0.05) is 0 Å². The van der Waals surface area contributed by atoms with Gasteiger partial charge in [0.15, 0.2) is 0 Å². The maximum absolute atomic E-state index is 12.8. The largest absolute Gasteiger partial charge is 0.420 e. The van der Waals surface area contributed by atoms with Gasteiger partial charge >= 0.3 is 0 Å². The Bertz CT molecular complexity index is 953. The summed E-state index contributed by atoms with van der Waals surface area (Å²) >= 11 is 1.64. The number of nitrogens with zero attached hydrogens (tertiary/aromatic N) is 4. The Balaban J connectivity index is 1.41. The lowest BCUT2D eigenvalue weighted by Crippen LogP contribution is -2.38. The number of aryl methyl sites for hydroxylation is 2. The van der Waals surface area contributed by atoms with Crippen molar-refractivity contribution in [2.75, 3.05) is 13.1 Å². The molecule has 6 nitrogen and oxygen atoms in total. The Labute approximate surface area is 162 Å². The Kier molecular flexibility index (Phi) is 4.78. The van der Waals surface area contributed by atoms with E-state index in [1.54, 1.807) is 17.5 Å². The molecule has 1 amide bonds. The Morgan fingerprint density at radius 1 is 1.19 bits per heavy atom. The van der Waals surface area contributed by atoms with Crippen molar-refractivity contribution in [3.05, 3.63) is 51.3 Å². The average molecular weight is 382 g/mol. The molecule has 0 aromatic carbocycles. The number of likely N-dealkylation sites (tertiary alicyclic amines) is 1. The quantitative estimate of drug-likeness (QED) is 0.681. The van der Waals surface area contributed by atoms with Gasteiger partial charge in [0.1, 0.15) is 0 Å². The molecule has 0 N–H and O–H groups in total. The molecule has 27 heavy (non-hydrogen) atoms. The number of aromatic nitrogens is 3. The van der Waals surface area contributed by atoms with E-state index in [-0.39, 0.29) is 11.8 Å². The Hall–Kier alpha value is -2.54. The van der Waals surface area contributed by atoms with Crippen LogP contribution in [0, 0.1) is 20.8 Å². The van der Waals surface area contributed by atoms with Gasteiger partial charge in [0.2, 0.25) is 11.8 Å². The minimum absolute atomic E-state index is 0.132. The second-order valence-electron chi connectivity index (χ2n) is 7.03. The predicted octanol–water partition coefficient (Wildman–Crippen LogP) is 4.14. The van der Waals surface area contributed by atoms with E-state index in [2.05, 4.69) is 22.1 Å². The summed E-state index contributed by atoms with van der Waals surface area (Å²) in [5.74, 6) is 1.48. The monoisotopic (exact) mass is 382 g/mol. The van der Waals surface area contributed by atoms with Crippen LogP contribution in [0.3, 0.4) is 0 Å². The van der Waals surface area contributed by atoms with Gasteiger partial charge in [-0.2, -0.15) is 0 Å². The highest BCUT2D eigenvalue weighted by Gasteiger charge is 2.29. The number of piperidine rings is 1. The highest BCUT2D eigenvalue weighted by atomic mass is 32.1. The van der Waals surface area contributed by atoms with Crippen molar-refractivity contribution in [2.45, 2.75) is 39.5 Å². The van der Waals surface area contributed by atoms with Gasteiger partial charge in [-0.05, 0) is 51.3 Å². The standard InChI is InChI=1S/C20H22N4O2S/c1-12-4-5-16(10-21-12)19-23-22-18(26-19)15-6-8-24(9-7-15)20(25)17-11-27-14(3)13(17)2/h4-5,10-11,15H,6-9H2,1-3H3.